The van der Waals surface area contributed by atoms with Gasteiger partial charge in [0.15, 0.2) is 0 Å². The van der Waals surface area contributed by atoms with E-state index in [2.05, 4.69) is 29.5 Å². The molecule has 144 valence electrons. The number of carbonyl (C=O) groups excluding carboxylic acids is 2. The van der Waals surface area contributed by atoms with E-state index in [1.54, 1.807) is 0 Å². The zero-order valence-corrected chi connectivity index (χ0v) is 16.6. The molecule has 1 aromatic rings. The summed E-state index contributed by atoms with van der Waals surface area (Å²) >= 11 is 0. The Morgan fingerprint density at radius 1 is 1.19 bits per heavy atom. The SMILES string of the molecule is CC(C)CC(=O)Nc1ccc(NC(=O)N(C)C2CCN(C)CC2C)cc1. The van der Waals surface area contributed by atoms with Gasteiger partial charge in [0.05, 0.1) is 0 Å². The Hall–Kier alpha value is -2.08. The number of carbonyl (C=O) groups is 2. The predicted molar refractivity (Wildman–Crippen MR) is 106 cm³/mol. The first-order valence-corrected chi connectivity index (χ1v) is 9.38. The van der Waals surface area contributed by atoms with Crippen molar-refractivity contribution in [2.75, 3.05) is 37.8 Å². The Morgan fingerprint density at radius 2 is 1.77 bits per heavy atom. The Labute approximate surface area is 156 Å². The lowest BCUT2D eigenvalue weighted by molar-refractivity contribution is -0.116. The third-order valence-electron chi connectivity index (χ3n) is 4.89. The molecule has 1 heterocycles. The third kappa shape index (κ3) is 5.73. The summed E-state index contributed by atoms with van der Waals surface area (Å²) in [5, 5.41) is 5.82. The fraction of sp³-hybridized carbons (Fsp3) is 0.600. The van der Waals surface area contributed by atoms with Gasteiger partial charge < -0.3 is 20.4 Å². The van der Waals surface area contributed by atoms with E-state index in [4.69, 9.17) is 0 Å². The molecule has 6 nitrogen and oxygen atoms in total. The lowest BCUT2D eigenvalue weighted by Crippen LogP contribution is -2.50. The molecule has 0 radical (unpaired) electrons. The van der Waals surface area contributed by atoms with Gasteiger partial charge in [0.2, 0.25) is 5.91 Å². The smallest absolute Gasteiger partial charge is 0.321 e. The summed E-state index contributed by atoms with van der Waals surface area (Å²) in [7, 11) is 3.98. The Morgan fingerprint density at radius 3 is 2.31 bits per heavy atom. The van der Waals surface area contributed by atoms with E-state index >= 15 is 0 Å². The van der Waals surface area contributed by atoms with E-state index in [0.717, 1.165) is 30.9 Å². The predicted octanol–water partition coefficient (Wildman–Crippen LogP) is 3.48. The van der Waals surface area contributed by atoms with Gasteiger partial charge in [-0.25, -0.2) is 4.79 Å². The van der Waals surface area contributed by atoms with E-state index in [1.165, 1.54) is 0 Å². The topological polar surface area (TPSA) is 64.7 Å². The fourth-order valence-corrected chi connectivity index (χ4v) is 3.50. The minimum absolute atomic E-state index is 0.00720. The highest BCUT2D eigenvalue weighted by atomic mass is 16.2. The molecule has 1 saturated heterocycles. The number of hydrogen-bond acceptors (Lipinski definition) is 3. The van der Waals surface area contributed by atoms with Crippen molar-refractivity contribution >= 4 is 23.3 Å². The van der Waals surface area contributed by atoms with Crippen molar-refractivity contribution in [3.8, 4) is 0 Å². The first-order chi connectivity index (χ1) is 12.3. The Kier molecular flexibility index (Phi) is 7.03. The zero-order valence-electron chi connectivity index (χ0n) is 16.6. The molecule has 1 aliphatic rings. The highest BCUT2D eigenvalue weighted by molar-refractivity contribution is 5.92. The summed E-state index contributed by atoms with van der Waals surface area (Å²) in [4.78, 5) is 28.5. The Bertz CT molecular complexity index is 615. The summed E-state index contributed by atoms with van der Waals surface area (Å²) in [5.74, 6) is 0.780. The first kappa shape index (κ1) is 20.2. The van der Waals surface area contributed by atoms with E-state index in [9.17, 15) is 9.59 Å². The van der Waals surface area contributed by atoms with Gasteiger partial charge in [-0.3, -0.25) is 4.79 Å². The number of likely N-dealkylation sites (tertiary alicyclic amines) is 1. The average Bonchev–Trinajstić information content (AvgIpc) is 2.55. The summed E-state index contributed by atoms with van der Waals surface area (Å²) in [6.45, 7) is 8.24. The second-order valence-electron chi connectivity index (χ2n) is 7.86. The van der Waals surface area contributed by atoms with E-state index in [1.807, 2.05) is 50.1 Å². The van der Waals surface area contributed by atoms with Crippen LogP contribution in [0.25, 0.3) is 0 Å². The van der Waals surface area contributed by atoms with Crippen LogP contribution in [-0.4, -0.2) is 55.0 Å². The van der Waals surface area contributed by atoms with Crippen molar-refractivity contribution in [1.82, 2.24) is 9.80 Å². The Balaban J connectivity index is 1.89. The van der Waals surface area contributed by atoms with Gasteiger partial charge in [0, 0.05) is 37.4 Å². The molecule has 3 amide bonds. The van der Waals surface area contributed by atoms with Crippen LogP contribution in [0.1, 0.15) is 33.6 Å². The maximum absolute atomic E-state index is 12.6. The van der Waals surface area contributed by atoms with Crippen molar-refractivity contribution in [1.29, 1.82) is 0 Å². The van der Waals surface area contributed by atoms with Crippen LogP contribution in [0.4, 0.5) is 16.2 Å². The maximum Gasteiger partial charge on any atom is 0.321 e. The van der Waals surface area contributed by atoms with Crippen LogP contribution in [0.3, 0.4) is 0 Å². The molecule has 26 heavy (non-hydrogen) atoms. The van der Waals surface area contributed by atoms with Gasteiger partial charge in [-0.05, 0) is 56.1 Å². The number of urea groups is 1. The molecule has 2 N–H and O–H groups in total. The molecule has 0 aliphatic carbocycles. The molecule has 0 spiro atoms. The van der Waals surface area contributed by atoms with Crippen molar-refractivity contribution in [3.05, 3.63) is 24.3 Å². The zero-order chi connectivity index (χ0) is 19.3. The number of piperidine rings is 1. The lowest BCUT2D eigenvalue weighted by Gasteiger charge is -2.39. The normalized spacial score (nSPS) is 20.7. The summed E-state index contributed by atoms with van der Waals surface area (Å²) < 4.78 is 0. The molecular weight excluding hydrogens is 328 g/mol. The minimum Gasteiger partial charge on any atom is -0.326 e. The third-order valence-corrected chi connectivity index (χ3v) is 4.89. The number of anilines is 2. The van der Waals surface area contributed by atoms with Crippen LogP contribution in [-0.2, 0) is 4.79 Å². The van der Waals surface area contributed by atoms with Gasteiger partial charge in [0.25, 0.3) is 0 Å². The number of hydrogen-bond donors (Lipinski definition) is 2. The highest BCUT2D eigenvalue weighted by Crippen LogP contribution is 2.21. The molecule has 1 aromatic carbocycles. The monoisotopic (exact) mass is 360 g/mol. The second-order valence-corrected chi connectivity index (χ2v) is 7.86. The van der Waals surface area contributed by atoms with Crippen LogP contribution in [0, 0.1) is 11.8 Å². The van der Waals surface area contributed by atoms with Gasteiger partial charge in [-0.2, -0.15) is 0 Å². The van der Waals surface area contributed by atoms with Gasteiger partial charge in [0.1, 0.15) is 0 Å². The summed E-state index contributed by atoms with van der Waals surface area (Å²) in [6.07, 6.45) is 1.49. The average molecular weight is 361 g/mol. The van der Waals surface area contributed by atoms with Crippen molar-refractivity contribution in [2.45, 2.75) is 39.7 Å². The number of benzene rings is 1. The molecule has 0 bridgehead atoms. The highest BCUT2D eigenvalue weighted by Gasteiger charge is 2.29. The van der Waals surface area contributed by atoms with Gasteiger partial charge >= 0.3 is 6.03 Å². The molecule has 2 unspecified atom stereocenters. The van der Waals surface area contributed by atoms with Crippen molar-refractivity contribution in [2.24, 2.45) is 11.8 Å². The second kappa shape index (κ2) is 9.03. The van der Waals surface area contributed by atoms with Crippen molar-refractivity contribution in [3.63, 3.8) is 0 Å². The van der Waals surface area contributed by atoms with E-state index in [-0.39, 0.29) is 18.0 Å². The molecule has 0 saturated carbocycles. The molecular formula is C20H32N4O2. The van der Waals surface area contributed by atoms with Crippen LogP contribution in [0.2, 0.25) is 0 Å². The standard InChI is InChI=1S/C20H32N4O2/c1-14(2)12-19(25)21-16-6-8-17(9-7-16)22-20(26)24(5)18-10-11-23(4)13-15(18)3/h6-9,14-15,18H,10-13H2,1-5H3,(H,21,25)(H,22,26). The summed E-state index contributed by atoms with van der Waals surface area (Å²) in [6, 6.07) is 7.41. The van der Waals surface area contributed by atoms with Crippen LogP contribution in [0.5, 0.6) is 0 Å². The van der Waals surface area contributed by atoms with Crippen LogP contribution >= 0.6 is 0 Å². The molecule has 0 aromatic heterocycles. The number of nitrogens with zero attached hydrogens (tertiary/aromatic N) is 2. The molecule has 1 fully saturated rings. The largest absolute Gasteiger partial charge is 0.326 e. The molecule has 1 aliphatic heterocycles. The molecule has 6 heteroatoms. The quantitative estimate of drug-likeness (QED) is 0.845. The van der Waals surface area contributed by atoms with E-state index in [0.29, 0.717) is 18.3 Å². The maximum atomic E-state index is 12.6. The van der Waals surface area contributed by atoms with Crippen molar-refractivity contribution < 1.29 is 9.59 Å². The molecule has 2 atom stereocenters. The van der Waals surface area contributed by atoms with E-state index < -0.39 is 0 Å². The number of amides is 3. The van der Waals surface area contributed by atoms with Crippen LogP contribution < -0.4 is 10.6 Å². The minimum atomic E-state index is -0.0944. The van der Waals surface area contributed by atoms with Crippen LogP contribution in [0.15, 0.2) is 24.3 Å². The lowest BCUT2D eigenvalue weighted by atomic mass is 9.93. The van der Waals surface area contributed by atoms with Gasteiger partial charge in [-0.1, -0.05) is 20.8 Å². The summed E-state index contributed by atoms with van der Waals surface area (Å²) in [5.41, 5.74) is 1.47. The first-order valence-electron chi connectivity index (χ1n) is 9.38. The number of rotatable bonds is 5. The van der Waals surface area contributed by atoms with Gasteiger partial charge in [-0.15, -0.1) is 0 Å². The molecule has 2 rings (SSSR count). The number of nitrogens with one attached hydrogen (secondary N) is 2. The fourth-order valence-electron chi connectivity index (χ4n) is 3.50.